The average Bonchev–Trinajstić information content (AvgIpc) is 2.01. The summed E-state index contributed by atoms with van der Waals surface area (Å²) in [4.78, 5) is 0. The molecular formula is C9H15FN2Si. The Morgan fingerprint density at radius 3 is 2.38 bits per heavy atom. The monoisotopic (exact) mass is 198 g/mol. The van der Waals surface area contributed by atoms with Gasteiger partial charge in [-0.2, -0.15) is 10.5 Å². The first-order valence-corrected chi connectivity index (χ1v) is 7.53. The van der Waals surface area contributed by atoms with Gasteiger partial charge in [0, 0.05) is 0 Å². The van der Waals surface area contributed by atoms with Crippen LogP contribution in [0.1, 0.15) is 19.3 Å². The van der Waals surface area contributed by atoms with Crippen molar-refractivity contribution >= 4 is 8.41 Å². The van der Waals surface area contributed by atoms with E-state index >= 15 is 0 Å². The van der Waals surface area contributed by atoms with Gasteiger partial charge in [-0.15, -0.1) is 0 Å². The second-order valence-corrected chi connectivity index (χ2v) is 7.74. The molecule has 0 amide bonds. The van der Waals surface area contributed by atoms with Crippen molar-refractivity contribution < 1.29 is 4.11 Å². The zero-order valence-electron chi connectivity index (χ0n) is 8.18. The minimum Gasteiger partial charge on any atom is -0.314 e. The van der Waals surface area contributed by atoms with E-state index < -0.39 is 8.41 Å². The van der Waals surface area contributed by atoms with Gasteiger partial charge in [0.25, 0.3) is 0 Å². The van der Waals surface area contributed by atoms with Gasteiger partial charge in [0.1, 0.15) is 0 Å². The van der Waals surface area contributed by atoms with Crippen LogP contribution < -0.4 is 0 Å². The summed E-state index contributed by atoms with van der Waals surface area (Å²) in [6, 6.07) is 4.62. The largest absolute Gasteiger partial charge is 0.314 e. The maximum atomic E-state index is 13.1. The molecule has 4 heteroatoms. The van der Waals surface area contributed by atoms with Crippen LogP contribution in [0.3, 0.4) is 0 Å². The van der Waals surface area contributed by atoms with E-state index in [1.165, 1.54) is 0 Å². The van der Waals surface area contributed by atoms with Crippen molar-refractivity contribution in [1.82, 2.24) is 0 Å². The van der Waals surface area contributed by atoms with Crippen molar-refractivity contribution in [3.05, 3.63) is 0 Å². The van der Waals surface area contributed by atoms with Crippen LogP contribution >= 0.6 is 0 Å². The molecular weight excluding hydrogens is 183 g/mol. The Morgan fingerprint density at radius 2 is 2.00 bits per heavy atom. The Kier molecular flexibility index (Phi) is 5.33. The molecule has 1 atom stereocenters. The van der Waals surface area contributed by atoms with Crippen molar-refractivity contribution in [3.8, 4) is 12.1 Å². The van der Waals surface area contributed by atoms with Crippen LogP contribution in [0.2, 0.25) is 19.1 Å². The second-order valence-electron chi connectivity index (χ2n) is 3.80. The minimum absolute atomic E-state index is 0.207. The predicted molar refractivity (Wildman–Crippen MR) is 52.0 cm³/mol. The molecule has 0 rings (SSSR count). The molecule has 0 saturated heterocycles. The molecule has 1 unspecified atom stereocenters. The molecule has 2 nitrogen and oxygen atoms in total. The number of hydrogen-bond donors (Lipinski definition) is 0. The van der Waals surface area contributed by atoms with E-state index in [1.807, 2.05) is 6.07 Å². The number of rotatable bonds is 5. The van der Waals surface area contributed by atoms with Crippen molar-refractivity contribution in [2.75, 3.05) is 0 Å². The van der Waals surface area contributed by atoms with Crippen molar-refractivity contribution in [2.24, 2.45) is 5.92 Å². The van der Waals surface area contributed by atoms with Crippen LogP contribution in [0.15, 0.2) is 0 Å². The fourth-order valence-corrected chi connectivity index (χ4v) is 2.14. The molecule has 0 N–H and O–H groups in total. The molecule has 0 aliphatic rings. The fraction of sp³-hybridized carbons (Fsp3) is 0.778. The van der Waals surface area contributed by atoms with Crippen molar-refractivity contribution in [2.45, 2.75) is 38.4 Å². The molecule has 0 fully saturated rings. The summed E-state index contributed by atoms with van der Waals surface area (Å²) in [6.45, 7) is 3.33. The van der Waals surface area contributed by atoms with Gasteiger partial charge in [0.05, 0.1) is 24.5 Å². The molecule has 0 aromatic rings. The molecule has 13 heavy (non-hydrogen) atoms. The van der Waals surface area contributed by atoms with Gasteiger partial charge in [-0.1, -0.05) is 6.42 Å². The third-order valence-corrected chi connectivity index (χ3v) is 3.39. The first-order valence-electron chi connectivity index (χ1n) is 4.45. The highest BCUT2D eigenvalue weighted by molar-refractivity contribution is 6.70. The maximum absolute atomic E-state index is 13.1. The Balaban J connectivity index is 3.64. The van der Waals surface area contributed by atoms with Crippen LogP contribution in [0, 0.1) is 28.6 Å². The Labute approximate surface area is 80.2 Å². The molecule has 0 saturated carbocycles. The molecule has 0 aromatic heterocycles. The zero-order valence-corrected chi connectivity index (χ0v) is 9.18. The van der Waals surface area contributed by atoms with Gasteiger partial charge in [-0.3, -0.25) is 0 Å². The third-order valence-electron chi connectivity index (χ3n) is 1.84. The first kappa shape index (κ1) is 12.1. The summed E-state index contributed by atoms with van der Waals surface area (Å²) in [5, 5.41) is 17.0. The number of nitrogens with zero attached hydrogens (tertiary/aromatic N) is 2. The van der Waals surface area contributed by atoms with E-state index in [0.29, 0.717) is 12.5 Å². The lowest BCUT2D eigenvalue weighted by molar-refractivity contribution is 0.594. The molecule has 0 aliphatic carbocycles. The van der Waals surface area contributed by atoms with Crippen molar-refractivity contribution in [1.29, 1.82) is 10.5 Å². The van der Waals surface area contributed by atoms with Gasteiger partial charge in [-0.05, 0) is 25.6 Å². The molecule has 0 heterocycles. The SMILES string of the molecule is C[Si](C)(F)CCCC(C#N)CC#N. The van der Waals surface area contributed by atoms with Crippen LogP contribution in [-0.2, 0) is 0 Å². The molecule has 0 spiro atoms. The number of nitriles is 2. The highest BCUT2D eigenvalue weighted by Crippen LogP contribution is 2.18. The van der Waals surface area contributed by atoms with E-state index in [9.17, 15) is 4.11 Å². The lowest BCUT2D eigenvalue weighted by Crippen LogP contribution is -2.17. The van der Waals surface area contributed by atoms with Crippen LogP contribution in [0.4, 0.5) is 4.11 Å². The smallest absolute Gasteiger partial charge is 0.240 e. The second kappa shape index (κ2) is 5.72. The van der Waals surface area contributed by atoms with E-state index in [1.54, 1.807) is 13.1 Å². The summed E-state index contributed by atoms with van der Waals surface area (Å²) >= 11 is 0. The average molecular weight is 198 g/mol. The maximum Gasteiger partial charge on any atom is 0.240 e. The molecule has 0 aromatic carbocycles. The van der Waals surface area contributed by atoms with E-state index in [-0.39, 0.29) is 12.3 Å². The van der Waals surface area contributed by atoms with Crippen LogP contribution in [0.25, 0.3) is 0 Å². The Bertz CT molecular complexity index is 221. The molecule has 72 valence electrons. The minimum atomic E-state index is -2.45. The summed E-state index contributed by atoms with van der Waals surface area (Å²) in [5.74, 6) is -0.207. The summed E-state index contributed by atoms with van der Waals surface area (Å²) < 4.78 is 13.1. The Hall–Kier alpha value is -0.873. The van der Waals surface area contributed by atoms with Crippen LogP contribution in [-0.4, -0.2) is 8.41 Å². The normalized spacial score (nSPS) is 13.0. The predicted octanol–water partition coefficient (Wildman–Crippen LogP) is 2.99. The lowest BCUT2D eigenvalue weighted by Gasteiger charge is -2.10. The highest BCUT2D eigenvalue weighted by atomic mass is 28.4. The van der Waals surface area contributed by atoms with Crippen LogP contribution in [0.5, 0.6) is 0 Å². The molecule has 0 bridgehead atoms. The topological polar surface area (TPSA) is 47.6 Å². The fourth-order valence-electron chi connectivity index (χ4n) is 1.09. The molecule has 0 aliphatic heterocycles. The van der Waals surface area contributed by atoms with Gasteiger partial charge in [-0.25, -0.2) is 0 Å². The lowest BCUT2D eigenvalue weighted by atomic mass is 10.0. The summed E-state index contributed by atoms with van der Waals surface area (Å²) in [6.07, 6.45) is 1.66. The summed E-state index contributed by atoms with van der Waals surface area (Å²) in [7, 11) is -2.45. The number of halogens is 1. The summed E-state index contributed by atoms with van der Waals surface area (Å²) in [5.41, 5.74) is 0. The van der Waals surface area contributed by atoms with Crippen molar-refractivity contribution in [3.63, 3.8) is 0 Å². The Morgan fingerprint density at radius 1 is 1.38 bits per heavy atom. The van der Waals surface area contributed by atoms with Gasteiger partial charge in [0.2, 0.25) is 8.41 Å². The van der Waals surface area contributed by atoms with E-state index in [4.69, 9.17) is 10.5 Å². The van der Waals surface area contributed by atoms with E-state index in [2.05, 4.69) is 6.07 Å². The highest BCUT2D eigenvalue weighted by Gasteiger charge is 2.20. The van der Waals surface area contributed by atoms with Gasteiger partial charge < -0.3 is 4.11 Å². The number of hydrogen-bond acceptors (Lipinski definition) is 2. The standard InChI is InChI=1S/C9H15FN2Si/c1-13(2,10)7-3-4-9(8-12)5-6-11/h9H,3-5,7H2,1-2H3. The first-order chi connectivity index (χ1) is 5.99. The van der Waals surface area contributed by atoms with E-state index in [0.717, 1.165) is 6.42 Å². The van der Waals surface area contributed by atoms with Gasteiger partial charge in [0.15, 0.2) is 0 Å². The molecule has 0 radical (unpaired) electrons. The quantitative estimate of drug-likeness (QED) is 0.503. The third kappa shape index (κ3) is 7.49. The van der Waals surface area contributed by atoms with Gasteiger partial charge >= 0.3 is 0 Å². The zero-order chi connectivity index (χ0) is 10.3.